The number of amides is 1. The Labute approximate surface area is 179 Å². The normalized spacial score (nSPS) is 12.9. The summed E-state index contributed by atoms with van der Waals surface area (Å²) >= 11 is 0. The first-order chi connectivity index (χ1) is 15.2. The van der Waals surface area contributed by atoms with Crippen molar-refractivity contribution in [2.24, 2.45) is 0 Å². The van der Waals surface area contributed by atoms with Crippen LogP contribution < -0.4 is 10.9 Å². The van der Waals surface area contributed by atoms with Gasteiger partial charge in [0.15, 0.2) is 5.65 Å². The van der Waals surface area contributed by atoms with Gasteiger partial charge >= 0.3 is 6.18 Å². The summed E-state index contributed by atoms with van der Waals surface area (Å²) in [5, 5.41) is 14.8. The number of fused-ring (bicyclic) bond motifs is 2. The minimum Gasteiger partial charge on any atom is -0.323 e. The maximum absolute atomic E-state index is 13.2. The number of aromatic nitrogens is 5. The largest absolute Gasteiger partial charge is 0.416 e. The quantitative estimate of drug-likeness (QED) is 0.508. The third-order valence-corrected chi connectivity index (χ3v) is 5.26. The highest BCUT2D eigenvalue weighted by molar-refractivity contribution is 5.91. The maximum Gasteiger partial charge on any atom is 0.416 e. The van der Waals surface area contributed by atoms with Crippen LogP contribution >= 0.6 is 0 Å². The van der Waals surface area contributed by atoms with Crippen molar-refractivity contribution in [2.45, 2.75) is 38.9 Å². The fourth-order valence-corrected chi connectivity index (χ4v) is 3.39. The van der Waals surface area contributed by atoms with Gasteiger partial charge in [0.25, 0.3) is 5.56 Å². The SMILES string of the molecule is CC[C@@H](C)c1nn(CC(=O)Nc2ccc3nncn3c2)c(=O)c2ccc(C(F)(F)F)cc12. The van der Waals surface area contributed by atoms with Crippen LogP contribution in [0.3, 0.4) is 0 Å². The minimum absolute atomic E-state index is 0.0852. The molecule has 11 heteroatoms. The molecule has 0 aliphatic carbocycles. The van der Waals surface area contributed by atoms with Crippen molar-refractivity contribution in [3.05, 3.63) is 64.5 Å². The smallest absolute Gasteiger partial charge is 0.323 e. The molecule has 0 saturated carbocycles. The first-order valence-corrected chi connectivity index (χ1v) is 9.88. The standard InChI is InChI=1S/C21H19F3N6O2/c1-3-12(2)19-16-8-13(21(22,23)24)4-6-15(16)20(32)30(28-19)10-18(31)26-14-5-7-17-27-25-11-29(17)9-14/h4-9,11-12H,3,10H2,1-2H3,(H,26,31)/t12-/m1/s1. The molecule has 1 N–H and O–H groups in total. The average molecular weight is 444 g/mol. The Hall–Kier alpha value is -3.76. The summed E-state index contributed by atoms with van der Waals surface area (Å²) in [6.45, 7) is 3.29. The van der Waals surface area contributed by atoms with Gasteiger partial charge < -0.3 is 5.32 Å². The number of halogens is 3. The van der Waals surface area contributed by atoms with Gasteiger partial charge in [-0.1, -0.05) is 13.8 Å². The zero-order valence-electron chi connectivity index (χ0n) is 17.2. The molecule has 0 saturated heterocycles. The number of rotatable bonds is 5. The van der Waals surface area contributed by atoms with Crippen molar-refractivity contribution in [3.8, 4) is 0 Å². The van der Waals surface area contributed by atoms with Crippen molar-refractivity contribution in [1.29, 1.82) is 0 Å². The van der Waals surface area contributed by atoms with E-state index >= 15 is 0 Å². The molecule has 166 valence electrons. The van der Waals surface area contributed by atoms with Crippen molar-refractivity contribution >= 4 is 28.0 Å². The van der Waals surface area contributed by atoms with Crippen LogP contribution in [0.4, 0.5) is 18.9 Å². The molecule has 32 heavy (non-hydrogen) atoms. The fraction of sp³-hybridized carbons (Fsp3) is 0.286. The number of hydrogen-bond acceptors (Lipinski definition) is 5. The molecule has 3 heterocycles. The number of carbonyl (C=O) groups is 1. The number of pyridine rings is 1. The molecule has 8 nitrogen and oxygen atoms in total. The number of carbonyl (C=O) groups excluding carboxylic acids is 1. The highest BCUT2D eigenvalue weighted by atomic mass is 19.4. The number of anilines is 1. The topological polar surface area (TPSA) is 94.2 Å². The van der Waals surface area contributed by atoms with Crippen molar-refractivity contribution in [3.63, 3.8) is 0 Å². The molecule has 0 radical (unpaired) electrons. The Morgan fingerprint density at radius 1 is 1.19 bits per heavy atom. The second-order valence-electron chi connectivity index (χ2n) is 7.48. The molecule has 4 aromatic rings. The Kier molecular flexibility index (Phi) is 5.41. The van der Waals surface area contributed by atoms with E-state index in [1.54, 1.807) is 22.7 Å². The number of nitrogens with one attached hydrogen (secondary N) is 1. The minimum atomic E-state index is -4.54. The van der Waals surface area contributed by atoms with E-state index in [0.29, 0.717) is 23.4 Å². The van der Waals surface area contributed by atoms with E-state index < -0.39 is 23.2 Å². The molecule has 0 aliphatic heterocycles. The first-order valence-electron chi connectivity index (χ1n) is 9.88. The molecule has 0 fully saturated rings. The van der Waals surface area contributed by atoms with Crippen molar-refractivity contribution in [1.82, 2.24) is 24.4 Å². The van der Waals surface area contributed by atoms with Crippen LogP contribution in [-0.2, 0) is 17.5 Å². The Balaban J connectivity index is 1.70. The third kappa shape index (κ3) is 4.05. The lowest BCUT2D eigenvalue weighted by molar-refractivity contribution is -0.137. The molecule has 1 aromatic carbocycles. The van der Waals surface area contributed by atoms with Crippen LogP contribution in [0.5, 0.6) is 0 Å². The van der Waals surface area contributed by atoms with E-state index in [1.807, 2.05) is 13.8 Å². The van der Waals surface area contributed by atoms with Gasteiger partial charge in [-0.3, -0.25) is 14.0 Å². The molecule has 0 bridgehead atoms. The second kappa shape index (κ2) is 8.06. The molecule has 4 rings (SSSR count). The summed E-state index contributed by atoms with van der Waals surface area (Å²) in [5.74, 6) is -0.722. The van der Waals surface area contributed by atoms with Crippen molar-refractivity contribution < 1.29 is 18.0 Å². The summed E-state index contributed by atoms with van der Waals surface area (Å²) < 4.78 is 42.2. The lowest BCUT2D eigenvalue weighted by Crippen LogP contribution is -2.31. The maximum atomic E-state index is 13.2. The van der Waals surface area contributed by atoms with Gasteiger partial charge in [-0.15, -0.1) is 10.2 Å². The number of alkyl halides is 3. The molecule has 1 atom stereocenters. The fourth-order valence-electron chi connectivity index (χ4n) is 3.39. The van der Waals surface area contributed by atoms with Gasteiger partial charge in [-0.05, 0) is 36.8 Å². The van der Waals surface area contributed by atoms with Crippen molar-refractivity contribution in [2.75, 3.05) is 5.32 Å². The van der Waals surface area contributed by atoms with E-state index in [0.717, 1.165) is 22.9 Å². The van der Waals surface area contributed by atoms with Gasteiger partial charge in [-0.2, -0.15) is 18.3 Å². The van der Waals surface area contributed by atoms with Gasteiger partial charge in [-0.25, -0.2) is 4.68 Å². The second-order valence-corrected chi connectivity index (χ2v) is 7.48. The average Bonchev–Trinajstić information content (AvgIpc) is 3.22. The molecule has 1 amide bonds. The van der Waals surface area contributed by atoms with E-state index in [2.05, 4.69) is 20.6 Å². The zero-order chi connectivity index (χ0) is 23.0. The van der Waals surface area contributed by atoms with E-state index in [4.69, 9.17) is 0 Å². The lowest BCUT2D eigenvalue weighted by atomic mass is 9.98. The monoisotopic (exact) mass is 444 g/mol. The summed E-state index contributed by atoms with van der Waals surface area (Å²) in [6, 6.07) is 6.26. The van der Waals surface area contributed by atoms with E-state index in [1.165, 1.54) is 6.33 Å². The van der Waals surface area contributed by atoms with Gasteiger partial charge in [0.05, 0.1) is 22.3 Å². The molecular formula is C21H19F3N6O2. The number of hydrogen-bond donors (Lipinski definition) is 1. The summed E-state index contributed by atoms with van der Waals surface area (Å²) in [7, 11) is 0. The third-order valence-electron chi connectivity index (χ3n) is 5.26. The highest BCUT2D eigenvalue weighted by Crippen LogP contribution is 2.33. The van der Waals surface area contributed by atoms with Gasteiger partial charge in [0, 0.05) is 17.5 Å². The summed E-state index contributed by atoms with van der Waals surface area (Å²) in [6.07, 6.45) is -0.843. The molecular weight excluding hydrogens is 425 g/mol. The Bertz CT molecular complexity index is 1380. The zero-order valence-corrected chi connectivity index (χ0v) is 17.2. The Morgan fingerprint density at radius 2 is 1.97 bits per heavy atom. The Morgan fingerprint density at radius 3 is 2.69 bits per heavy atom. The predicted octanol–water partition coefficient (Wildman–Crippen LogP) is 3.61. The highest BCUT2D eigenvalue weighted by Gasteiger charge is 2.31. The first kappa shape index (κ1) is 21.5. The van der Waals surface area contributed by atoms with E-state index in [-0.39, 0.29) is 23.2 Å². The van der Waals surface area contributed by atoms with Crippen LogP contribution in [0.2, 0.25) is 0 Å². The van der Waals surface area contributed by atoms with Crippen LogP contribution in [0, 0.1) is 0 Å². The molecule has 0 spiro atoms. The van der Waals surface area contributed by atoms with Crippen LogP contribution in [0.15, 0.2) is 47.7 Å². The van der Waals surface area contributed by atoms with Gasteiger partial charge in [0.2, 0.25) is 5.91 Å². The number of nitrogens with zero attached hydrogens (tertiary/aromatic N) is 5. The van der Waals surface area contributed by atoms with Crippen LogP contribution in [-0.4, -0.2) is 30.3 Å². The van der Waals surface area contributed by atoms with Crippen LogP contribution in [0.1, 0.15) is 37.4 Å². The molecule has 3 aromatic heterocycles. The molecule has 0 aliphatic rings. The van der Waals surface area contributed by atoms with Gasteiger partial charge in [0.1, 0.15) is 12.9 Å². The van der Waals surface area contributed by atoms with E-state index in [9.17, 15) is 22.8 Å². The van der Waals surface area contributed by atoms with Crippen LogP contribution in [0.25, 0.3) is 16.4 Å². The predicted molar refractivity (Wildman–Crippen MR) is 111 cm³/mol. The summed E-state index contributed by atoms with van der Waals surface area (Å²) in [5.41, 5.74) is -0.0762. The molecule has 0 unspecified atom stereocenters. The summed E-state index contributed by atoms with van der Waals surface area (Å²) in [4.78, 5) is 25.5. The lowest BCUT2D eigenvalue weighted by Gasteiger charge is -2.16. The number of benzene rings is 1.